The van der Waals surface area contributed by atoms with Gasteiger partial charge in [0.15, 0.2) is 0 Å². The number of rotatable bonds is 7. The summed E-state index contributed by atoms with van der Waals surface area (Å²) in [5.74, 6) is -1.16. The molecule has 6 heteroatoms. The van der Waals surface area contributed by atoms with E-state index in [4.69, 9.17) is 4.74 Å². The van der Waals surface area contributed by atoms with Crippen molar-refractivity contribution in [2.45, 2.75) is 36.8 Å². The van der Waals surface area contributed by atoms with Gasteiger partial charge in [-0.15, -0.1) is 0 Å². The number of hydrogen-bond donors (Lipinski definition) is 1. The van der Waals surface area contributed by atoms with Crippen LogP contribution in [0.2, 0.25) is 0 Å². The van der Waals surface area contributed by atoms with Gasteiger partial charge in [0.1, 0.15) is 12.3 Å². The number of aliphatic hydroxyl groups is 1. The molecule has 1 fully saturated rings. The monoisotopic (exact) mass is 359 g/mol. The van der Waals surface area contributed by atoms with Crippen LogP contribution in [0.25, 0.3) is 0 Å². The van der Waals surface area contributed by atoms with Gasteiger partial charge in [-0.05, 0) is 18.6 Å². The zero-order valence-corrected chi connectivity index (χ0v) is 14.9. The first-order valence-corrected chi connectivity index (χ1v) is 9.15. The van der Waals surface area contributed by atoms with Crippen molar-refractivity contribution in [3.05, 3.63) is 53.6 Å². The third-order valence-corrected chi connectivity index (χ3v) is 5.63. The largest absolute Gasteiger partial charge is 0.457 e. The highest BCUT2D eigenvalue weighted by Crippen LogP contribution is 2.49. The molecule has 2 aliphatic heterocycles. The van der Waals surface area contributed by atoms with E-state index in [0.29, 0.717) is 18.5 Å². The van der Waals surface area contributed by atoms with E-state index in [1.54, 1.807) is 0 Å². The first kappa shape index (κ1) is 17.8. The Morgan fingerprint density at radius 2 is 2.20 bits per heavy atom. The van der Waals surface area contributed by atoms with Crippen LogP contribution in [0.3, 0.4) is 0 Å². The van der Waals surface area contributed by atoms with Gasteiger partial charge in [0, 0.05) is 16.2 Å². The zero-order valence-electron chi connectivity index (χ0n) is 14.1. The third-order valence-electron chi connectivity index (χ3n) is 4.51. The lowest BCUT2D eigenvalue weighted by Crippen LogP contribution is -2.62. The van der Waals surface area contributed by atoms with Gasteiger partial charge in [0.25, 0.3) is 0 Å². The molecule has 0 spiro atoms. The van der Waals surface area contributed by atoms with E-state index >= 15 is 0 Å². The van der Waals surface area contributed by atoms with Crippen molar-refractivity contribution in [2.75, 3.05) is 6.61 Å². The van der Waals surface area contributed by atoms with Crippen LogP contribution in [0.4, 0.5) is 0 Å². The van der Waals surface area contributed by atoms with E-state index in [1.807, 2.05) is 37.3 Å². The van der Waals surface area contributed by atoms with Crippen LogP contribution in [-0.4, -0.2) is 40.6 Å². The smallest absolute Gasteiger partial charge is 0.356 e. The lowest BCUT2D eigenvalue weighted by Gasteiger charge is -2.45. The number of fused-ring (bicyclic) bond motifs is 1. The summed E-state index contributed by atoms with van der Waals surface area (Å²) >= 11 is 1.47. The second-order valence-electron chi connectivity index (χ2n) is 6.06. The fourth-order valence-corrected chi connectivity index (χ4v) is 4.40. The van der Waals surface area contributed by atoms with Crippen LogP contribution in [0.5, 0.6) is 0 Å². The molecule has 25 heavy (non-hydrogen) atoms. The molecule has 1 amide bonds. The van der Waals surface area contributed by atoms with Crippen molar-refractivity contribution < 1.29 is 19.4 Å². The molecule has 1 N–H and O–H groups in total. The number of carbonyl (C=O) groups is 2. The van der Waals surface area contributed by atoms with Crippen molar-refractivity contribution >= 4 is 23.6 Å². The van der Waals surface area contributed by atoms with Gasteiger partial charge >= 0.3 is 5.97 Å². The normalized spacial score (nSPS) is 23.1. The molecular weight excluding hydrogens is 338 g/mol. The van der Waals surface area contributed by atoms with E-state index in [1.165, 1.54) is 22.7 Å². The summed E-state index contributed by atoms with van der Waals surface area (Å²) in [5, 5.41) is 10.1. The maximum atomic E-state index is 12.5. The molecule has 1 unspecified atom stereocenters. The van der Waals surface area contributed by atoms with E-state index in [9.17, 15) is 14.7 Å². The molecule has 1 saturated heterocycles. The minimum Gasteiger partial charge on any atom is -0.457 e. The van der Waals surface area contributed by atoms with Crippen LogP contribution in [-0.2, 0) is 14.3 Å². The van der Waals surface area contributed by atoms with Crippen molar-refractivity contribution in [3.8, 4) is 0 Å². The number of carbonyl (C=O) groups excluding carboxylic acids is 2. The maximum Gasteiger partial charge on any atom is 0.356 e. The number of aliphatic hydroxyl groups excluding tert-OH is 1. The lowest BCUT2D eigenvalue weighted by atomic mass is 9.82. The van der Waals surface area contributed by atoms with E-state index < -0.39 is 18.0 Å². The van der Waals surface area contributed by atoms with Crippen LogP contribution >= 0.6 is 11.8 Å². The predicted molar refractivity (Wildman–Crippen MR) is 95.5 cm³/mol. The number of ether oxygens (including phenoxy) is 1. The number of thioether (sulfide) groups is 1. The molecule has 1 aromatic rings. The summed E-state index contributed by atoms with van der Waals surface area (Å²) < 4.78 is 5.18. The van der Waals surface area contributed by atoms with Gasteiger partial charge in [-0.3, -0.25) is 4.79 Å². The van der Waals surface area contributed by atoms with Crippen molar-refractivity contribution in [3.63, 3.8) is 0 Å². The van der Waals surface area contributed by atoms with Crippen molar-refractivity contribution in [1.82, 2.24) is 4.90 Å². The third kappa shape index (κ3) is 3.24. The molecule has 0 aliphatic carbocycles. The van der Waals surface area contributed by atoms with Crippen molar-refractivity contribution in [2.24, 2.45) is 5.92 Å². The number of hydrogen-bond acceptors (Lipinski definition) is 5. The Morgan fingerprint density at radius 1 is 1.48 bits per heavy atom. The molecular formula is C19H21NO4S. The van der Waals surface area contributed by atoms with Crippen LogP contribution in [0.1, 0.15) is 19.8 Å². The summed E-state index contributed by atoms with van der Waals surface area (Å²) in [6.45, 7) is 5.49. The molecule has 0 radical (unpaired) electrons. The number of nitrogens with zero attached hydrogens (tertiary/aromatic N) is 1. The molecule has 0 aromatic heterocycles. The lowest BCUT2D eigenvalue weighted by molar-refractivity contribution is -0.162. The van der Waals surface area contributed by atoms with E-state index in [0.717, 1.165) is 9.80 Å². The van der Waals surface area contributed by atoms with Gasteiger partial charge in [-0.25, -0.2) is 4.79 Å². The Bertz CT molecular complexity index is 715. The average molecular weight is 359 g/mol. The standard InChI is InChI=1S/C19H21NO4S/c1-3-10-24-19(23)17-15(25-12-8-6-5-7-9-12)11-13-16(14(21)4-2)18(22)20(13)17/h3,5-9,13-14,16,21H,1,4,10-11H2,2H3/t13-,14?,16-/m1/s1. The molecule has 1 aromatic carbocycles. The van der Waals surface area contributed by atoms with Gasteiger partial charge < -0.3 is 14.7 Å². The summed E-state index contributed by atoms with van der Waals surface area (Å²) in [6.07, 6.45) is 1.89. The molecule has 3 atom stereocenters. The Kier molecular flexibility index (Phi) is 5.30. The molecule has 2 aliphatic rings. The van der Waals surface area contributed by atoms with Gasteiger partial charge in [-0.1, -0.05) is 49.5 Å². The maximum absolute atomic E-state index is 12.5. The van der Waals surface area contributed by atoms with Crippen LogP contribution in [0.15, 0.2) is 58.5 Å². The fourth-order valence-electron chi connectivity index (χ4n) is 3.29. The second kappa shape index (κ2) is 7.45. The summed E-state index contributed by atoms with van der Waals surface area (Å²) in [6, 6.07) is 9.53. The second-order valence-corrected chi connectivity index (χ2v) is 7.22. The molecule has 2 heterocycles. The molecule has 5 nitrogen and oxygen atoms in total. The molecule has 0 bridgehead atoms. The number of β-lactam (4-membered cyclic amide) rings is 1. The predicted octanol–water partition coefficient (Wildman–Crippen LogP) is 2.72. The molecule has 3 rings (SSSR count). The zero-order chi connectivity index (χ0) is 18.0. The minimum absolute atomic E-state index is 0.0966. The topological polar surface area (TPSA) is 66.8 Å². The summed E-state index contributed by atoms with van der Waals surface area (Å²) in [7, 11) is 0. The van der Waals surface area contributed by atoms with Crippen LogP contribution < -0.4 is 0 Å². The summed E-state index contributed by atoms with van der Waals surface area (Å²) in [5.41, 5.74) is 0.310. The van der Waals surface area contributed by atoms with E-state index in [-0.39, 0.29) is 18.6 Å². The van der Waals surface area contributed by atoms with Crippen LogP contribution in [0, 0.1) is 5.92 Å². The Hall–Kier alpha value is -2.05. The quantitative estimate of drug-likeness (QED) is 0.461. The van der Waals surface area contributed by atoms with Gasteiger partial charge in [0.2, 0.25) is 5.91 Å². The Balaban J connectivity index is 1.88. The average Bonchev–Trinajstić information content (AvgIpc) is 2.94. The first-order chi connectivity index (χ1) is 12.1. The van der Waals surface area contributed by atoms with Gasteiger partial charge in [0.05, 0.1) is 18.1 Å². The van der Waals surface area contributed by atoms with Crippen molar-refractivity contribution in [1.29, 1.82) is 0 Å². The molecule has 132 valence electrons. The number of amides is 1. The SMILES string of the molecule is C=CCOC(=O)C1=C(Sc2ccccc2)C[C@@H]2[C@H](C(O)CC)C(=O)N12. The highest BCUT2D eigenvalue weighted by atomic mass is 32.2. The fraction of sp³-hybridized carbons (Fsp3) is 0.368. The first-order valence-electron chi connectivity index (χ1n) is 8.33. The highest BCUT2D eigenvalue weighted by molar-refractivity contribution is 8.03. The number of benzene rings is 1. The van der Waals surface area contributed by atoms with E-state index in [2.05, 4.69) is 6.58 Å². The Morgan fingerprint density at radius 3 is 2.84 bits per heavy atom. The Labute approximate surface area is 151 Å². The highest BCUT2D eigenvalue weighted by Gasteiger charge is 2.57. The molecule has 0 saturated carbocycles. The minimum atomic E-state index is -0.680. The summed E-state index contributed by atoms with van der Waals surface area (Å²) in [4.78, 5) is 28.3. The number of esters is 1. The van der Waals surface area contributed by atoms with Gasteiger partial charge in [-0.2, -0.15) is 0 Å².